The summed E-state index contributed by atoms with van der Waals surface area (Å²) in [5.41, 5.74) is 0.537. The first-order valence-electron chi connectivity index (χ1n) is 6.92. The summed E-state index contributed by atoms with van der Waals surface area (Å²) in [6.45, 7) is 2.62. The molecular formula is C15H21BrN2O2S. The van der Waals surface area contributed by atoms with Crippen LogP contribution in [0.2, 0.25) is 0 Å². The maximum atomic E-state index is 12.3. The van der Waals surface area contributed by atoms with Crippen LogP contribution in [0.4, 0.5) is 0 Å². The van der Waals surface area contributed by atoms with Gasteiger partial charge in [0.15, 0.2) is 0 Å². The van der Waals surface area contributed by atoms with E-state index in [2.05, 4.69) is 26.6 Å². The van der Waals surface area contributed by atoms with Crippen molar-refractivity contribution in [1.82, 2.24) is 10.6 Å². The highest BCUT2D eigenvalue weighted by molar-refractivity contribution is 9.10. The summed E-state index contributed by atoms with van der Waals surface area (Å²) >= 11 is 5.01. The van der Waals surface area contributed by atoms with Crippen LogP contribution in [0.1, 0.15) is 30.1 Å². The second-order valence-corrected chi connectivity index (χ2v) is 6.42. The van der Waals surface area contributed by atoms with Gasteiger partial charge in [-0.25, -0.2) is 0 Å². The smallest absolute Gasteiger partial charge is 0.253 e. The highest BCUT2D eigenvalue weighted by atomic mass is 79.9. The molecule has 0 saturated carbocycles. The van der Waals surface area contributed by atoms with Gasteiger partial charge in [0.2, 0.25) is 5.91 Å². The van der Waals surface area contributed by atoms with Crippen molar-refractivity contribution in [2.45, 2.75) is 25.8 Å². The molecule has 0 heterocycles. The van der Waals surface area contributed by atoms with Gasteiger partial charge in [-0.15, -0.1) is 0 Å². The van der Waals surface area contributed by atoms with Crippen molar-refractivity contribution in [3.05, 3.63) is 34.3 Å². The first-order chi connectivity index (χ1) is 10.1. The normalized spacial score (nSPS) is 11.8. The van der Waals surface area contributed by atoms with E-state index in [0.717, 1.165) is 16.6 Å². The van der Waals surface area contributed by atoms with Gasteiger partial charge < -0.3 is 10.6 Å². The monoisotopic (exact) mass is 372 g/mol. The Hall–Kier alpha value is -1.01. The van der Waals surface area contributed by atoms with Gasteiger partial charge in [-0.3, -0.25) is 9.59 Å². The zero-order valence-corrected chi connectivity index (χ0v) is 14.7. The molecule has 21 heavy (non-hydrogen) atoms. The molecule has 0 bridgehead atoms. The van der Waals surface area contributed by atoms with Gasteiger partial charge in [-0.05, 0) is 52.9 Å². The van der Waals surface area contributed by atoms with Crippen molar-refractivity contribution in [2.75, 3.05) is 18.6 Å². The molecule has 0 saturated heterocycles. The number of rotatable bonds is 8. The molecule has 2 N–H and O–H groups in total. The van der Waals surface area contributed by atoms with Crippen molar-refractivity contribution < 1.29 is 9.59 Å². The number of carbonyl (C=O) groups is 2. The Morgan fingerprint density at radius 2 is 2.05 bits per heavy atom. The number of nitrogens with one attached hydrogen (secondary N) is 2. The minimum absolute atomic E-state index is 0.119. The number of carbonyl (C=O) groups excluding carboxylic acids is 2. The van der Waals surface area contributed by atoms with Crippen molar-refractivity contribution in [1.29, 1.82) is 0 Å². The minimum Gasteiger partial charge on any atom is -0.354 e. The van der Waals surface area contributed by atoms with Crippen LogP contribution < -0.4 is 10.6 Å². The van der Waals surface area contributed by atoms with E-state index in [-0.39, 0.29) is 11.8 Å². The van der Waals surface area contributed by atoms with Gasteiger partial charge in [-0.2, -0.15) is 11.8 Å². The topological polar surface area (TPSA) is 58.2 Å². The van der Waals surface area contributed by atoms with E-state index in [1.165, 1.54) is 0 Å². The van der Waals surface area contributed by atoms with E-state index in [4.69, 9.17) is 0 Å². The second-order valence-electron chi connectivity index (χ2n) is 4.58. The lowest BCUT2D eigenvalue weighted by Gasteiger charge is -2.18. The summed E-state index contributed by atoms with van der Waals surface area (Å²) < 4.78 is 0.722. The van der Waals surface area contributed by atoms with Crippen molar-refractivity contribution in [3.8, 4) is 0 Å². The maximum absolute atomic E-state index is 12.3. The second kappa shape index (κ2) is 9.84. The van der Waals surface area contributed by atoms with Gasteiger partial charge >= 0.3 is 0 Å². The molecule has 1 unspecified atom stereocenters. The third-order valence-electron chi connectivity index (χ3n) is 2.90. The van der Waals surface area contributed by atoms with Crippen LogP contribution in [0.25, 0.3) is 0 Å². The molecule has 0 aromatic heterocycles. The van der Waals surface area contributed by atoms with Gasteiger partial charge in [0, 0.05) is 11.0 Å². The molecule has 0 fully saturated rings. The molecule has 0 aliphatic rings. The summed E-state index contributed by atoms with van der Waals surface area (Å²) in [5, 5.41) is 5.66. The molecule has 1 aromatic rings. The van der Waals surface area contributed by atoms with Crippen LogP contribution in [0, 0.1) is 0 Å². The average Bonchev–Trinajstić information content (AvgIpc) is 2.49. The predicted molar refractivity (Wildman–Crippen MR) is 91.7 cm³/mol. The molecule has 6 heteroatoms. The van der Waals surface area contributed by atoms with E-state index in [1.807, 2.05) is 25.3 Å². The van der Waals surface area contributed by atoms with Crippen LogP contribution in [-0.4, -0.2) is 36.4 Å². The Kier molecular flexibility index (Phi) is 8.45. The highest BCUT2D eigenvalue weighted by Gasteiger charge is 2.21. The molecule has 0 spiro atoms. The fourth-order valence-corrected chi connectivity index (χ4v) is 2.69. The molecule has 2 amide bonds. The Labute approximate surface area is 138 Å². The van der Waals surface area contributed by atoms with Crippen LogP contribution in [0.15, 0.2) is 28.7 Å². The lowest BCUT2D eigenvalue weighted by atomic mass is 10.1. The molecule has 0 aliphatic carbocycles. The molecular weight excluding hydrogens is 352 g/mol. The molecule has 0 aliphatic heterocycles. The van der Waals surface area contributed by atoms with Gasteiger partial charge in [0.05, 0.1) is 5.56 Å². The minimum atomic E-state index is -0.497. The van der Waals surface area contributed by atoms with Gasteiger partial charge in [0.25, 0.3) is 5.91 Å². The highest BCUT2D eigenvalue weighted by Crippen LogP contribution is 2.16. The van der Waals surface area contributed by atoms with E-state index in [0.29, 0.717) is 18.5 Å². The number of hydrogen-bond donors (Lipinski definition) is 2. The summed E-state index contributed by atoms with van der Waals surface area (Å²) in [4.78, 5) is 24.4. The molecule has 1 aromatic carbocycles. The Morgan fingerprint density at radius 1 is 1.33 bits per heavy atom. The third kappa shape index (κ3) is 6.09. The van der Waals surface area contributed by atoms with Crippen LogP contribution >= 0.6 is 27.7 Å². The molecule has 116 valence electrons. The van der Waals surface area contributed by atoms with Gasteiger partial charge in [0.1, 0.15) is 6.04 Å². The number of benzene rings is 1. The quantitative estimate of drug-likeness (QED) is 0.737. The summed E-state index contributed by atoms with van der Waals surface area (Å²) in [5.74, 6) is 0.465. The standard InChI is InChI=1S/C15H21BrN2O2S/c1-3-9-17-15(20)13(8-10-21-2)18-14(19)11-6-4-5-7-12(11)16/h4-7,13H,3,8-10H2,1-2H3,(H,17,20)(H,18,19). The number of thioether (sulfide) groups is 1. The predicted octanol–water partition coefficient (Wildman–Crippen LogP) is 2.83. The van der Waals surface area contributed by atoms with Crippen molar-refractivity contribution >= 4 is 39.5 Å². The number of amides is 2. The lowest BCUT2D eigenvalue weighted by molar-refractivity contribution is -0.123. The number of halogens is 1. The van der Waals surface area contributed by atoms with Crippen molar-refractivity contribution in [3.63, 3.8) is 0 Å². The van der Waals surface area contributed by atoms with E-state index in [9.17, 15) is 9.59 Å². The van der Waals surface area contributed by atoms with E-state index >= 15 is 0 Å². The maximum Gasteiger partial charge on any atom is 0.253 e. The fraction of sp³-hybridized carbons (Fsp3) is 0.467. The summed E-state index contributed by atoms with van der Waals surface area (Å²) in [7, 11) is 0. The molecule has 0 radical (unpaired) electrons. The molecule has 4 nitrogen and oxygen atoms in total. The van der Waals surface area contributed by atoms with E-state index < -0.39 is 6.04 Å². The zero-order valence-electron chi connectivity index (χ0n) is 12.3. The Morgan fingerprint density at radius 3 is 2.67 bits per heavy atom. The van der Waals surface area contributed by atoms with E-state index in [1.54, 1.807) is 23.9 Å². The fourth-order valence-electron chi connectivity index (χ4n) is 1.76. The Bertz CT molecular complexity index is 482. The first-order valence-corrected chi connectivity index (χ1v) is 9.10. The molecule has 1 atom stereocenters. The third-order valence-corrected chi connectivity index (χ3v) is 4.24. The van der Waals surface area contributed by atoms with Crippen LogP contribution in [0.3, 0.4) is 0 Å². The SMILES string of the molecule is CCCNC(=O)C(CCSC)NC(=O)c1ccccc1Br. The van der Waals surface area contributed by atoms with Crippen molar-refractivity contribution in [2.24, 2.45) is 0 Å². The van der Waals surface area contributed by atoms with Crippen LogP contribution in [-0.2, 0) is 4.79 Å². The zero-order chi connectivity index (χ0) is 15.7. The lowest BCUT2D eigenvalue weighted by Crippen LogP contribution is -2.47. The number of hydrogen-bond acceptors (Lipinski definition) is 3. The summed E-state index contributed by atoms with van der Waals surface area (Å²) in [6.07, 6.45) is 3.47. The largest absolute Gasteiger partial charge is 0.354 e. The van der Waals surface area contributed by atoms with Gasteiger partial charge in [-0.1, -0.05) is 19.1 Å². The molecule has 1 rings (SSSR count). The van der Waals surface area contributed by atoms with Crippen LogP contribution in [0.5, 0.6) is 0 Å². The Balaban J connectivity index is 2.73. The summed E-state index contributed by atoms with van der Waals surface area (Å²) in [6, 6.07) is 6.69. The first kappa shape index (κ1) is 18.0. The average molecular weight is 373 g/mol.